The first-order valence-electron chi connectivity index (χ1n) is 5.60. The Bertz CT molecular complexity index is 140. The Balaban J connectivity index is 4.39. The molecule has 0 radical (unpaired) electrons. The molecule has 0 saturated carbocycles. The third-order valence-electron chi connectivity index (χ3n) is 1.59. The average molecular weight is 268 g/mol. The first kappa shape index (κ1) is 16.9. The molecule has 104 valence electrons. The van der Waals surface area contributed by atoms with E-state index in [0.29, 0.717) is 26.2 Å². The van der Waals surface area contributed by atoms with Crippen LogP contribution in [0.15, 0.2) is 0 Å². The van der Waals surface area contributed by atoms with Gasteiger partial charge in [0.2, 0.25) is 0 Å². The highest BCUT2D eigenvalue weighted by Gasteiger charge is 2.45. The van der Waals surface area contributed by atoms with Crippen LogP contribution in [0, 0.1) is 0 Å². The van der Waals surface area contributed by atoms with Gasteiger partial charge in [-0.25, -0.2) is 0 Å². The second-order valence-corrected chi connectivity index (χ2v) is 5.20. The summed E-state index contributed by atoms with van der Waals surface area (Å²) >= 11 is 0. The number of hydrogen-bond donors (Lipinski definition) is 4. The van der Waals surface area contributed by atoms with Crippen LogP contribution in [0.2, 0.25) is 0 Å². The van der Waals surface area contributed by atoms with Crippen molar-refractivity contribution in [1.29, 1.82) is 0 Å². The van der Waals surface area contributed by atoms with E-state index >= 15 is 0 Å². The fraction of sp³-hybridized carbons (Fsp3) is 1.00. The molecule has 0 amide bonds. The zero-order valence-electron chi connectivity index (χ0n) is 10.1. The molecule has 0 atom stereocenters. The monoisotopic (exact) mass is 268 g/mol. The quantitative estimate of drug-likeness (QED) is 0.281. The Labute approximate surface area is 103 Å². The lowest BCUT2D eigenvalue weighted by Gasteiger charge is -2.27. The van der Waals surface area contributed by atoms with Gasteiger partial charge >= 0.3 is 9.05 Å². The van der Waals surface area contributed by atoms with E-state index in [0.717, 1.165) is 0 Å². The van der Waals surface area contributed by atoms with Gasteiger partial charge in [-0.05, 0) is 0 Å². The summed E-state index contributed by atoms with van der Waals surface area (Å²) in [5.74, 6) is 0. The molecule has 0 rings (SSSR count). The Morgan fingerprint density at radius 3 is 0.941 bits per heavy atom. The van der Waals surface area contributed by atoms with Crippen LogP contribution < -0.4 is 22.9 Å². The summed E-state index contributed by atoms with van der Waals surface area (Å²) in [6, 6.07) is 0. The SMILES string of the molecule is NCCO[Si](OCCN)(OCCN)OCCN. The molecule has 0 aromatic heterocycles. The highest BCUT2D eigenvalue weighted by Crippen LogP contribution is 2.11. The van der Waals surface area contributed by atoms with Crippen molar-refractivity contribution in [1.82, 2.24) is 0 Å². The second kappa shape index (κ2) is 11.0. The molecule has 0 unspecified atom stereocenters. The molecular weight excluding hydrogens is 244 g/mol. The van der Waals surface area contributed by atoms with Gasteiger partial charge in [0, 0.05) is 26.2 Å². The van der Waals surface area contributed by atoms with Crippen LogP contribution in [-0.4, -0.2) is 61.7 Å². The zero-order chi connectivity index (χ0) is 13.0. The summed E-state index contributed by atoms with van der Waals surface area (Å²) in [4.78, 5) is 0. The van der Waals surface area contributed by atoms with Crippen molar-refractivity contribution in [3.8, 4) is 0 Å². The first-order chi connectivity index (χ1) is 8.24. The summed E-state index contributed by atoms with van der Waals surface area (Å²) in [6.45, 7) is 2.52. The van der Waals surface area contributed by atoms with Gasteiger partial charge in [-0.1, -0.05) is 0 Å². The Morgan fingerprint density at radius 1 is 0.529 bits per heavy atom. The Kier molecular flexibility index (Phi) is 10.9. The fourth-order valence-corrected chi connectivity index (χ4v) is 2.96. The van der Waals surface area contributed by atoms with Crippen LogP contribution in [0.1, 0.15) is 0 Å². The fourth-order valence-electron chi connectivity index (χ4n) is 0.986. The van der Waals surface area contributed by atoms with E-state index in [9.17, 15) is 0 Å². The predicted octanol–water partition coefficient (Wildman–Crippen LogP) is -2.68. The molecule has 0 aliphatic carbocycles. The molecule has 8 N–H and O–H groups in total. The highest BCUT2D eigenvalue weighted by molar-refractivity contribution is 6.53. The number of rotatable bonds is 12. The third-order valence-corrected chi connectivity index (χ3v) is 3.82. The molecule has 9 heteroatoms. The predicted molar refractivity (Wildman–Crippen MR) is 65.8 cm³/mol. The lowest BCUT2D eigenvalue weighted by molar-refractivity contribution is -0.0291. The summed E-state index contributed by atoms with van der Waals surface area (Å²) < 4.78 is 21.9. The second-order valence-electron chi connectivity index (χ2n) is 3.05. The molecule has 8 nitrogen and oxygen atoms in total. The van der Waals surface area contributed by atoms with Gasteiger partial charge in [-0.3, -0.25) is 0 Å². The summed E-state index contributed by atoms with van der Waals surface area (Å²) in [5.41, 5.74) is 21.5. The van der Waals surface area contributed by atoms with Crippen LogP contribution in [-0.2, 0) is 17.7 Å². The van der Waals surface area contributed by atoms with Gasteiger partial charge in [-0.15, -0.1) is 0 Å². The Hall–Kier alpha value is -0.103. The minimum Gasteiger partial charge on any atom is -0.350 e. The van der Waals surface area contributed by atoms with E-state index in [2.05, 4.69) is 0 Å². The average Bonchev–Trinajstić information content (AvgIpc) is 2.37. The number of nitrogens with two attached hydrogens (primary N) is 4. The van der Waals surface area contributed by atoms with Crippen molar-refractivity contribution in [3.05, 3.63) is 0 Å². The van der Waals surface area contributed by atoms with Gasteiger partial charge in [0.15, 0.2) is 0 Å². The normalized spacial score (nSPS) is 12.0. The van der Waals surface area contributed by atoms with Crippen LogP contribution in [0.4, 0.5) is 0 Å². The van der Waals surface area contributed by atoms with E-state index in [-0.39, 0.29) is 26.4 Å². The van der Waals surface area contributed by atoms with Crippen molar-refractivity contribution in [2.24, 2.45) is 22.9 Å². The van der Waals surface area contributed by atoms with Crippen molar-refractivity contribution >= 4 is 9.05 Å². The van der Waals surface area contributed by atoms with Crippen molar-refractivity contribution in [2.75, 3.05) is 52.6 Å². The van der Waals surface area contributed by atoms with Crippen LogP contribution in [0.25, 0.3) is 0 Å². The van der Waals surface area contributed by atoms with Crippen LogP contribution in [0.3, 0.4) is 0 Å². The smallest absolute Gasteiger partial charge is 0.350 e. The third kappa shape index (κ3) is 7.75. The van der Waals surface area contributed by atoms with Gasteiger partial charge in [-0.2, -0.15) is 0 Å². The summed E-state index contributed by atoms with van der Waals surface area (Å²) in [5, 5.41) is 0. The maximum atomic E-state index is 5.47. The molecule has 0 aromatic rings. The minimum absolute atomic E-state index is 0.284. The topological polar surface area (TPSA) is 141 Å². The molecule has 0 spiro atoms. The Morgan fingerprint density at radius 2 is 0.765 bits per heavy atom. The maximum absolute atomic E-state index is 5.47. The minimum atomic E-state index is -3.20. The van der Waals surface area contributed by atoms with E-state index in [1.807, 2.05) is 0 Å². The van der Waals surface area contributed by atoms with Gasteiger partial charge in [0.05, 0.1) is 26.4 Å². The van der Waals surface area contributed by atoms with E-state index < -0.39 is 9.05 Å². The molecule has 0 aliphatic rings. The van der Waals surface area contributed by atoms with Gasteiger partial charge in [0.1, 0.15) is 0 Å². The first-order valence-corrected chi connectivity index (χ1v) is 7.24. The van der Waals surface area contributed by atoms with Crippen LogP contribution >= 0.6 is 0 Å². The van der Waals surface area contributed by atoms with Crippen molar-refractivity contribution in [2.45, 2.75) is 0 Å². The molecule has 0 heterocycles. The largest absolute Gasteiger partial charge is 0.679 e. The van der Waals surface area contributed by atoms with Crippen LogP contribution in [0.5, 0.6) is 0 Å². The van der Waals surface area contributed by atoms with Crippen molar-refractivity contribution in [3.63, 3.8) is 0 Å². The molecule has 0 aliphatic heterocycles. The lowest BCUT2D eigenvalue weighted by atomic mass is 10.8. The zero-order valence-corrected chi connectivity index (χ0v) is 11.1. The molecule has 17 heavy (non-hydrogen) atoms. The number of hydrogen-bond acceptors (Lipinski definition) is 8. The highest BCUT2D eigenvalue weighted by atomic mass is 28.4. The summed E-state index contributed by atoms with van der Waals surface area (Å²) in [6.07, 6.45) is 0. The van der Waals surface area contributed by atoms with Gasteiger partial charge < -0.3 is 40.6 Å². The standard InChI is InChI=1S/C8H24N4O4Si/c9-1-5-13-17(14-6-2-10,15-7-3-11)16-8-4-12/h1-12H2. The molecular formula is C8H24N4O4Si. The van der Waals surface area contributed by atoms with Crippen molar-refractivity contribution < 1.29 is 17.7 Å². The molecule has 0 fully saturated rings. The molecule has 0 bridgehead atoms. The molecule has 0 aromatic carbocycles. The molecule has 0 saturated heterocycles. The van der Waals surface area contributed by atoms with E-state index in [4.69, 9.17) is 40.6 Å². The van der Waals surface area contributed by atoms with E-state index in [1.54, 1.807) is 0 Å². The summed E-state index contributed by atoms with van der Waals surface area (Å²) in [7, 11) is -3.20. The van der Waals surface area contributed by atoms with E-state index in [1.165, 1.54) is 0 Å². The van der Waals surface area contributed by atoms with Gasteiger partial charge in [0.25, 0.3) is 0 Å². The maximum Gasteiger partial charge on any atom is 0.679 e. The lowest BCUT2D eigenvalue weighted by Crippen LogP contribution is -2.52.